The molecular weight excluding hydrogens is 264 g/mol. The molecule has 2 aromatic rings. The first-order valence-electron chi connectivity index (χ1n) is 5.89. The van der Waals surface area contributed by atoms with Crippen LogP contribution in [0.15, 0.2) is 30.3 Å². The first kappa shape index (κ1) is 13.5. The molecule has 19 heavy (non-hydrogen) atoms. The minimum absolute atomic E-state index is 0.430. The van der Waals surface area contributed by atoms with Crippen LogP contribution in [-0.4, -0.2) is 36.5 Å². The van der Waals surface area contributed by atoms with Crippen LogP contribution in [0, 0.1) is 0 Å². The molecule has 1 heterocycles. The highest BCUT2D eigenvalue weighted by Gasteiger charge is 2.17. The largest absolute Gasteiger partial charge is 0.480 e. The number of aromatic nitrogens is 4. The molecule has 0 bridgehead atoms. The van der Waals surface area contributed by atoms with Crippen LogP contribution in [0.2, 0.25) is 0 Å². The molecular formula is C12H14N4O2S. The van der Waals surface area contributed by atoms with Crippen molar-refractivity contribution in [2.75, 3.05) is 0 Å². The second kappa shape index (κ2) is 6.33. The zero-order chi connectivity index (χ0) is 13.7. The minimum Gasteiger partial charge on any atom is -0.480 e. The van der Waals surface area contributed by atoms with Crippen molar-refractivity contribution in [3.8, 4) is 5.69 Å². The van der Waals surface area contributed by atoms with Crippen molar-refractivity contribution in [2.45, 2.75) is 24.3 Å². The SMILES string of the molecule is CCC(SCc1nnnn1-c1ccccc1)C(=O)O. The van der Waals surface area contributed by atoms with Gasteiger partial charge in [-0.05, 0) is 29.0 Å². The third-order valence-corrected chi connectivity index (χ3v) is 3.96. The summed E-state index contributed by atoms with van der Waals surface area (Å²) in [6.45, 7) is 1.85. The Kier molecular flexibility index (Phi) is 4.51. The number of tetrazole rings is 1. The van der Waals surface area contributed by atoms with Gasteiger partial charge >= 0.3 is 5.97 Å². The quantitative estimate of drug-likeness (QED) is 0.867. The second-order valence-electron chi connectivity index (χ2n) is 3.89. The van der Waals surface area contributed by atoms with E-state index < -0.39 is 11.2 Å². The van der Waals surface area contributed by atoms with Gasteiger partial charge in [-0.15, -0.1) is 16.9 Å². The first-order valence-corrected chi connectivity index (χ1v) is 6.94. The van der Waals surface area contributed by atoms with Crippen molar-refractivity contribution >= 4 is 17.7 Å². The van der Waals surface area contributed by atoms with Crippen LogP contribution in [0.5, 0.6) is 0 Å². The minimum atomic E-state index is -0.800. The lowest BCUT2D eigenvalue weighted by molar-refractivity contribution is -0.136. The van der Waals surface area contributed by atoms with Gasteiger partial charge in [0.05, 0.1) is 11.4 Å². The van der Waals surface area contributed by atoms with Crippen LogP contribution in [0.3, 0.4) is 0 Å². The summed E-state index contributed by atoms with van der Waals surface area (Å²) >= 11 is 1.33. The molecule has 0 aliphatic heterocycles. The van der Waals surface area contributed by atoms with Crippen molar-refractivity contribution < 1.29 is 9.90 Å². The molecule has 1 N–H and O–H groups in total. The summed E-state index contributed by atoms with van der Waals surface area (Å²) in [5.74, 6) is 0.314. The van der Waals surface area contributed by atoms with Crippen molar-refractivity contribution in [3.63, 3.8) is 0 Å². The zero-order valence-electron chi connectivity index (χ0n) is 10.4. The molecule has 1 unspecified atom stereocenters. The molecule has 0 aliphatic rings. The standard InChI is InChI=1S/C12H14N4O2S/c1-2-10(12(17)18)19-8-11-13-14-15-16(11)9-6-4-3-5-7-9/h3-7,10H,2,8H2,1H3,(H,17,18). The Morgan fingerprint density at radius 1 is 1.42 bits per heavy atom. The number of carboxylic acids is 1. The highest BCUT2D eigenvalue weighted by Crippen LogP contribution is 2.20. The third-order valence-electron chi connectivity index (χ3n) is 2.59. The molecule has 0 saturated carbocycles. The van der Waals surface area contributed by atoms with Gasteiger partial charge in [0, 0.05) is 0 Å². The van der Waals surface area contributed by atoms with E-state index in [1.165, 1.54) is 11.8 Å². The smallest absolute Gasteiger partial charge is 0.316 e. The number of benzene rings is 1. The lowest BCUT2D eigenvalue weighted by Gasteiger charge is -2.09. The van der Waals surface area contributed by atoms with Crippen molar-refractivity contribution in [2.24, 2.45) is 0 Å². The highest BCUT2D eigenvalue weighted by atomic mass is 32.2. The van der Waals surface area contributed by atoms with Gasteiger partial charge in [-0.1, -0.05) is 25.1 Å². The van der Waals surface area contributed by atoms with E-state index >= 15 is 0 Å². The van der Waals surface area contributed by atoms with Crippen LogP contribution >= 0.6 is 11.8 Å². The van der Waals surface area contributed by atoms with Gasteiger partial charge in [0.25, 0.3) is 0 Å². The van der Waals surface area contributed by atoms with Gasteiger partial charge in [0.15, 0.2) is 5.82 Å². The van der Waals surface area contributed by atoms with Gasteiger partial charge in [0.2, 0.25) is 0 Å². The number of carboxylic acid groups (broad SMARTS) is 1. The fraction of sp³-hybridized carbons (Fsp3) is 0.333. The molecule has 0 amide bonds. The summed E-state index contributed by atoms with van der Waals surface area (Å²) in [7, 11) is 0. The van der Waals surface area contributed by atoms with Crippen molar-refractivity contribution in [1.29, 1.82) is 0 Å². The lowest BCUT2D eigenvalue weighted by Crippen LogP contribution is -2.15. The Hall–Kier alpha value is -1.89. The monoisotopic (exact) mass is 278 g/mol. The number of nitrogens with zero attached hydrogens (tertiary/aromatic N) is 4. The molecule has 1 aromatic carbocycles. The molecule has 0 radical (unpaired) electrons. The Labute approximate surface area is 114 Å². The molecule has 2 rings (SSSR count). The average Bonchev–Trinajstić information content (AvgIpc) is 2.88. The fourth-order valence-electron chi connectivity index (χ4n) is 1.60. The van der Waals surface area contributed by atoms with E-state index in [1.807, 2.05) is 37.3 Å². The van der Waals surface area contributed by atoms with E-state index in [9.17, 15) is 4.79 Å². The Morgan fingerprint density at radius 3 is 2.79 bits per heavy atom. The second-order valence-corrected chi connectivity index (χ2v) is 5.08. The number of rotatable bonds is 6. The van der Waals surface area contributed by atoms with Crippen LogP contribution in [-0.2, 0) is 10.5 Å². The Bertz CT molecular complexity index is 544. The number of hydrogen-bond donors (Lipinski definition) is 1. The van der Waals surface area contributed by atoms with Gasteiger partial charge in [-0.2, -0.15) is 4.68 Å². The third kappa shape index (κ3) is 3.31. The topological polar surface area (TPSA) is 80.9 Å². The fourth-order valence-corrected chi connectivity index (χ4v) is 2.51. The molecule has 7 heteroatoms. The van der Waals surface area contributed by atoms with Gasteiger partial charge in [-0.3, -0.25) is 4.79 Å². The Balaban J connectivity index is 2.11. The predicted octanol–water partition coefficient (Wildman–Crippen LogP) is 1.76. The summed E-state index contributed by atoms with van der Waals surface area (Å²) in [4.78, 5) is 11.0. The van der Waals surface area contributed by atoms with Crippen LogP contribution in [0.25, 0.3) is 5.69 Å². The molecule has 1 atom stereocenters. The van der Waals surface area contributed by atoms with Gasteiger partial charge in [-0.25, -0.2) is 0 Å². The molecule has 100 valence electrons. The van der Waals surface area contributed by atoms with E-state index in [0.717, 1.165) is 5.69 Å². The first-order chi connectivity index (χ1) is 9.22. The zero-order valence-corrected chi connectivity index (χ0v) is 11.2. The number of hydrogen-bond acceptors (Lipinski definition) is 5. The predicted molar refractivity (Wildman–Crippen MR) is 72.2 cm³/mol. The van der Waals surface area contributed by atoms with Gasteiger partial charge in [0.1, 0.15) is 5.25 Å². The average molecular weight is 278 g/mol. The van der Waals surface area contributed by atoms with E-state index in [0.29, 0.717) is 18.0 Å². The summed E-state index contributed by atoms with van der Waals surface area (Å²) < 4.78 is 1.63. The van der Waals surface area contributed by atoms with Crippen LogP contribution in [0.1, 0.15) is 19.2 Å². The van der Waals surface area contributed by atoms with Crippen molar-refractivity contribution in [1.82, 2.24) is 20.2 Å². The maximum atomic E-state index is 11.0. The number of aliphatic carboxylic acids is 1. The van der Waals surface area contributed by atoms with E-state index in [4.69, 9.17) is 5.11 Å². The van der Waals surface area contributed by atoms with E-state index in [2.05, 4.69) is 15.5 Å². The normalized spacial score (nSPS) is 12.3. The van der Waals surface area contributed by atoms with Crippen LogP contribution in [0.4, 0.5) is 0 Å². The van der Waals surface area contributed by atoms with Crippen LogP contribution < -0.4 is 0 Å². The van der Waals surface area contributed by atoms with E-state index in [1.54, 1.807) is 4.68 Å². The van der Waals surface area contributed by atoms with E-state index in [-0.39, 0.29) is 0 Å². The number of thioether (sulfide) groups is 1. The summed E-state index contributed by atoms with van der Waals surface area (Å²) in [5.41, 5.74) is 0.867. The maximum absolute atomic E-state index is 11.0. The van der Waals surface area contributed by atoms with Crippen molar-refractivity contribution in [3.05, 3.63) is 36.2 Å². The molecule has 0 spiro atoms. The molecule has 0 aliphatic carbocycles. The summed E-state index contributed by atoms with van der Waals surface area (Å²) in [6, 6.07) is 9.53. The molecule has 0 fully saturated rings. The molecule has 0 saturated heterocycles. The molecule has 6 nitrogen and oxygen atoms in total. The lowest BCUT2D eigenvalue weighted by atomic mass is 10.3. The Morgan fingerprint density at radius 2 is 2.16 bits per heavy atom. The highest BCUT2D eigenvalue weighted by molar-refractivity contribution is 7.99. The molecule has 1 aromatic heterocycles. The maximum Gasteiger partial charge on any atom is 0.316 e. The summed E-state index contributed by atoms with van der Waals surface area (Å²) in [5, 5.41) is 20.1. The number of para-hydroxylation sites is 1. The number of carbonyl (C=O) groups is 1. The van der Waals surface area contributed by atoms with Gasteiger partial charge < -0.3 is 5.11 Å². The summed E-state index contributed by atoms with van der Waals surface area (Å²) in [6.07, 6.45) is 0.576.